The predicted molar refractivity (Wildman–Crippen MR) is 197 cm³/mol. The third-order valence-corrected chi connectivity index (χ3v) is 10.4. The van der Waals surface area contributed by atoms with Gasteiger partial charge in [0.15, 0.2) is 5.78 Å². The molecule has 4 heteroatoms. The predicted octanol–water partition coefficient (Wildman–Crippen LogP) is 11.8. The van der Waals surface area contributed by atoms with Crippen LogP contribution in [-0.2, 0) is 16.6 Å². The van der Waals surface area contributed by atoms with Gasteiger partial charge in [-0.15, -0.1) is 0 Å². The highest BCUT2D eigenvalue weighted by atomic mass is 16.5. The van der Waals surface area contributed by atoms with Crippen molar-refractivity contribution in [3.8, 4) is 5.75 Å². The lowest BCUT2D eigenvalue weighted by molar-refractivity contribution is -0.121. The molecule has 2 heterocycles. The highest BCUT2D eigenvalue weighted by Crippen LogP contribution is 2.47. The molecule has 0 spiro atoms. The van der Waals surface area contributed by atoms with Crippen molar-refractivity contribution in [2.75, 3.05) is 0 Å². The van der Waals surface area contributed by atoms with Gasteiger partial charge in [-0.05, 0) is 85.4 Å². The van der Waals surface area contributed by atoms with Gasteiger partial charge < -0.3 is 9.84 Å². The van der Waals surface area contributed by atoms with Crippen molar-refractivity contribution in [2.45, 2.75) is 79.1 Å². The van der Waals surface area contributed by atoms with Gasteiger partial charge in [-0.2, -0.15) is 0 Å². The zero-order chi connectivity index (χ0) is 33.8. The number of hydrogen-bond acceptors (Lipinski definition) is 3. The second-order valence-corrected chi connectivity index (χ2v) is 14.9. The molecule has 5 aromatic rings. The van der Waals surface area contributed by atoms with Gasteiger partial charge in [-0.25, -0.2) is 4.42 Å². The Balaban J connectivity index is 1.32. The van der Waals surface area contributed by atoms with Gasteiger partial charge in [0, 0.05) is 22.4 Å². The number of aliphatic hydroxyl groups is 1. The van der Waals surface area contributed by atoms with Crippen LogP contribution < -0.4 is 4.74 Å². The van der Waals surface area contributed by atoms with E-state index in [1.54, 1.807) is 0 Å². The van der Waals surface area contributed by atoms with E-state index in [0.717, 1.165) is 92.2 Å². The number of carbonyl (C=O) groups excluding carboxylic acids is 1. The van der Waals surface area contributed by atoms with Gasteiger partial charge >= 0.3 is 11.3 Å². The zero-order valence-corrected chi connectivity index (χ0v) is 28.9. The van der Waals surface area contributed by atoms with Gasteiger partial charge in [0.05, 0.1) is 27.7 Å². The Bertz CT molecular complexity index is 2190. The van der Waals surface area contributed by atoms with Gasteiger partial charge in [-0.3, -0.25) is 4.79 Å². The molecule has 4 nitrogen and oxygen atoms in total. The first-order chi connectivity index (χ1) is 23.0. The first-order valence-corrected chi connectivity index (χ1v) is 17.4. The SMILES string of the molecule is CCCC(C)(C)C1=C/C(=C\C2=C(O)C(Cc3cc(C(C)(C)CCC)[o+]c4c3ccc3ccccc34)C2=O)c2ccc3ccccc3c2O1. The minimum atomic E-state index is -0.605. The van der Waals surface area contributed by atoms with Crippen molar-refractivity contribution in [2.24, 2.45) is 11.3 Å². The van der Waals surface area contributed by atoms with Crippen molar-refractivity contribution in [3.63, 3.8) is 0 Å². The van der Waals surface area contributed by atoms with Crippen molar-refractivity contribution in [3.05, 3.63) is 125 Å². The van der Waals surface area contributed by atoms with E-state index in [4.69, 9.17) is 9.15 Å². The first kappa shape index (κ1) is 31.9. The average Bonchev–Trinajstić information content (AvgIpc) is 3.08. The van der Waals surface area contributed by atoms with Crippen LogP contribution in [0, 0.1) is 11.3 Å². The fraction of sp³-hybridized carbons (Fsp3) is 0.318. The number of Topliss-reactive ketones (excluding diaryl/α,β-unsaturated/α-hetero) is 1. The Hall–Kier alpha value is -4.70. The Morgan fingerprint density at radius 1 is 0.812 bits per heavy atom. The molecule has 0 amide bonds. The van der Waals surface area contributed by atoms with Gasteiger partial charge in [0.25, 0.3) is 0 Å². The van der Waals surface area contributed by atoms with Gasteiger partial charge in [0.1, 0.15) is 17.3 Å². The van der Waals surface area contributed by atoms with Crippen LogP contribution in [0.5, 0.6) is 5.75 Å². The van der Waals surface area contributed by atoms with Crippen LogP contribution >= 0.6 is 0 Å². The maximum Gasteiger partial charge on any atom is 0.368 e. The summed E-state index contributed by atoms with van der Waals surface area (Å²) in [6, 6.07) is 27.0. The van der Waals surface area contributed by atoms with Crippen LogP contribution in [0.25, 0.3) is 38.1 Å². The first-order valence-electron chi connectivity index (χ1n) is 17.4. The summed E-state index contributed by atoms with van der Waals surface area (Å²) >= 11 is 0. The molecule has 1 N–H and O–H groups in total. The molecule has 1 aromatic heterocycles. The van der Waals surface area contributed by atoms with Gasteiger partial charge in [-0.1, -0.05) is 95.1 Å². The number of fused-ring (bicyclic) bond motifs is 6. The number of carbonyl (C=O) groups is 1. The molecule has 244 valence electrons. The Kier molecular flexibility index (Phi) is 8.02. The molecule has 0 saturated heterocycles. The number of ketones is 1. The van der Waals surface area contributed by atoms with E-state index in [9.17, 15) is 9.90 Å². The summed E-state index contributed by atoms with van der Waals surface area (Å²) in [5.74, 6) is 2.08. The number of allylic oxidation sites excluding steroid dienone is 6. The zero-order valence-electron chi connectivity index (χ0n) is 28.9. The summed E-state index contributed by atoms with van der Waals surface area (Å²) in [5, 5.41) is 16.8. The largest absolute Gasteiger partial charge is 0.511 e. The van der Waals surface area contributed by atoms with E-state index in [1.807, 2.05) is 30.3 Å². The van der Waals surface area contributed by atoms with E-state index in [-0.39, 0.29) is 22.4 Å². The third-order valence-electron chi connectivity index (χ3n) is 10.4. The highest BCUT2D eigenvalue weighted by Gasteiger charge is 2.41. The summed E-state index contributed by atoms with van der Waals surface area (Å²) in [4.78, 5) is 14.0. The molecule has 1 atom stereocenters. The molecule has 1 aliphatic heterocycles. The molecule has 7 rings (SSSR count). The van der Waals surface area contributed by atoms with Crippen LogP contribution in [0.2, 0.25) is 0 Å². The summed E-state index contributed by atoms with van der Waals surface area (Å²) in [7, 11) is 0. The lowest BCUT2D eigenvalue weighted by atomic mass is 9.76. The van der Waals surface area contributed by atoms with Crippen LogP contribution in [0.15, 0.2) is 113 Å². The number of benzene rings is 4. The van der Waals surface area contributed by atoms with E-state index < -0.39 is 5.92 Å². The number of hydrogen-bond donors (Lipinski definition) is 1. The molecule has 0 bridgehead atoms. The summed E-state index contributed by atoms with van der Waals surface area (Å²) in [6.07, 6.45) is 8.33. The fourth-order valence-corrected chi connectivity index (χ4v) is 7.63. The fourth-order valence-electron chi connectivity index (χ4n) is 7.63. The minimum Gasteiger partial charge on any atom is -0.511 e. The normalized spacial score (nSPS) is 17.5. The molecular weight excluding hydrogens is 592 g/mol. The summed E-state index contributed by atoms with van der Waals surface area (Å²) in [5.41, 5.74) is 3.66. The maximum atomic E-state index is 14.0. The van der Waals surface area contributed by atoms with Crippen LogP contribution in [0.1, 0.15) is 84.1 Å². The summed E-state index contributed by atoms with van der Waals surface area (Å²) < 4.78 is 13.3. The quantitative estimate of drug-likeness (QED) is 0.129. The molecule has 0 saturated carbocycles. The third kappa shape index (κ3) is 5.41. The summed E-state index contributed by atoms with van der Waals surface area (Å²) in [6.45, 7) is 13.2. The van der Waals surface area contributed by atoms with Crippen LogP contribution in [0.3, 0.4) is 0 Å². The molecular formula is C44H45O4+. The van der Waals surface area contributed by atoms with Crippen molar-refractivity contribution >= 4 is 43.9 Å². The molecule has 2 aliphatic rings. The molecule has 48 heavy (non-hydrogen) atoms. The van der Waals surface area contributed by atoms with E-state index in [0.29, 0.717) is 12.0 Å². The number of ether oxygens (including phenoxy) is 1. The Labute approximate surface area is 283 Å². The molecule has 1 unspecified atom stereocenters. The molecule has 4 aromatic carbocycles. The van der Waals surface area contributed by atoms with Crippen molar-refractivity contribution in [1.29, 1.82) is 0 Å². The van der Waals surface area contributed by atoms with E-state index in [1.165, 1.54) is 0 Å². The molecule has 1 aliphatic carbocycles. The number of rotatable bonds is 9. The monoisotopic (exact) mass is 637 g/mol. The topological polar surface area (TPSA) is 57.8 Å². The van der Waals surface area contributed by atoms with Crippen LogP contribution in [-0.4, -0.2) is 10.9 Å². The smallest absolute Gasteiger partial charge is 0.368 e. The Morgan fingerprint density at radius 3 is 2.17 bits per heavy atom. The van der Waals surface area contributed by atoms with E-state index in [2.05, 4.69) is 102 Å². The van der Waals surface area contributed by atoms with Crippen molar-refractivity contribution in [1.82, 2.24) is 0 Å². The lowest BCUT2D eigenvalue weighted by Gasteiger charge is -2.33. The number of aliphatic hydroxyl groups excluding tert-OH is 1. The second-order valence-electron chi connectivity index (χ2n) is 14.9. The molecule has 0 fully saturated rings. The lowest BCUT2D eigenvalue weighted by Crippen LogP contribution is -2.32. The van der Waals surface area contributed by atoms with E-state index >= 15 is 0 Å². The standard InChI is InChI=1S/C44H44O4/c1-7-21-43(3,4)37-25-29(33-19-17-27-13-9-11-15-31(27)41(33)47-37)23-35-39(45)36(40(35)46)24-30-26-38(44(5,6)22-8-2)48-42-32-16-12-10-14-28(32)18-20-34(30)42/h9-20,23,25-26,36H,7-8,21-22,24H2,1-6H3/p+1/b29-23+. The second kappa shape index (κ2) is 12.1. The van der Waals surface area contributed by atoms with Gasteiger partial charge in [0.2, 0.25) is 0 Å². The molecule has 0 radical (unpaired) electrons. The maximum absolute atomic E-state index is 14.0. The van der Waals surface area contributed by atoms with Crippen LogP contribution in [0.4, 0.5) is 0 Å². The Morgan fingerprint density at radius 2 is 1.46 bits per heavy atom. The minimum absolute atomic E-state index is 0.0410. The highest BCUT2D eigenvalue weighted by molar-refractivity contribution is 6.11. The average molecular weight is 638 g/mol. The van der Waals surface area contributed by atoms with Crippen molar-refractivity contribution < 1.29 is 19.1 Å².